The lowest BCUT2D eigenvalue weighted by molar-refractivity contribution is -0.142. The van der Waals surface area contributed by atoms with Crippen molar-refractivity contribution < 1.29 is 27.4 Å². The van der Waals surface area contributed by atoms with Crippen LogP contribution in [0.15, 0.2) is 42.6 Å². The molecule has 2 saturated carbocycles. The maximum atomic E-state index is 13.8. The molecule has 1 heterocycles. The molecule has 3 aromatic rings. The fraction of sp³-hybridized carbons (Fsp3) is 0.444. The molecule has 2 fully saturated rings. The van der Waals surface area contributed by atoms with Crippen LogP contribution in [-0.2, 0) is 28.9 Å². The van der Waals surface area contributed by atoms with Crippen LogP contribution in [0.25, 0.3) is 10.9 Å². The number of ether oxygens (including phenoxy) is 2. The summed E-state index contributed by atoms with van der Waals surface area (Å²) in [6.45, 7) is 0.677. The predicted octanol–water partition coefficient (Wildman–Crippen LogP) is 7.36. The SMILES string of the molecule is COC(=O)[C@@H]1C[C@H]1Cn1ccc2cc(OCc3ccc(C4CCCC4)c(C(F)(F)F)c3)cc(Cl)c21. The lowest BCUT2D eigenvalue weighted by Crippen LogP contribution is -2.12. The number of alkyl halides is 3. The van der Waals surface area contributed by atoms with Crippen LogP contribution in [0.4, 0.5) is 13.2 Å². The van der Waals surface area contributed by atoms with Gasteiger partial charge >= 0.3 is 12.1 Å². The minimum Gasteiger partial charge on any atom is -0.489 e. The van der Waals surface area contributed by atoms with Gasteiger partial charge in [-0.3, -0.25) is 4.79 Å². The summed E-state index contributed by atoms with van der Waals surface area (Å²) >= 11 is 6.56. The predicted molar refractivity (Wildman–Crippen MR) is 128 cm³/mol. The highest BCUT2D eigenvalue weighted by molar-refractivity contribution is 6.35. The van der Waals surface area contributed by atoms with E-state index in [2.05, 4.69) is 0 Å². The quantitative estimate of drug-likeness (QED) is 0.315. The average Bonchev–Trinajstić information content (AvgIpc) is 3.19. The summed E-state index contributed by atoms with van der Waals surface area (Å²) in [5, 5.41) is 1.36. The van der Waals surface area contributed by atoms with E-state index in [0.717, 1.165) is 43.0 Å². The fourth-order valence-electron chi connectivity index (χ4n) is 5.35. The maximum absolute atomic E-state index is 13.8. The summed E-state index contributed by atoms with van der Waals surface area (Å²) in [6, 6.07) is 10.0. The lowest BCUT2D eigenvalue weighted by atomic mass is 9.91. The third kappa shape index (κ3) is 5.01. The molecule has 0 spiro atoms. The van der Waals surface area contributed by atoms with Crippen LogP contribution >= 0.6 is 11.6 Å². The molecule has 186 valence electrons. The first kappa shape index (κ1) is 24.0. The number of methoxy groups -OCH3 is 1. The van der Waals surface area contributed by atoms with Gasteiger partial charge in [0.05, 0.1) is 29.1 Å². The van der Waals surface area contributed by atoms with Crippen molar-refractivity contribution in [3.05, 3.63) is 64.3 Å². The molecule has 4 nitrogen and oxygen atoms in total. The number of carbonyl (C=O) groups excluding carboxylic acids is 1. The number of fused-ring (bicyclic) bond motifs is 1. The van der Waals surface area contributed by atoms with E-state index in [1.807, 2.05) is 22.9 Å². The number of halogens is 4. The van der Waals surface area contributed by atoms with E-state index in [1.54, 1.807) is 18.2 Å². The minimum absolute atomic E-state index is 0.0133. The third-order valence-electron chi connectivity index (χ3n) is 7.27. The van der Waals surface area contributed by atoms with Gasteiger partial charge in [0.15, 0.2) is 0 Å². The van der Waals surface area contributed by atoms with Crippen molar-refractivity contribution in [3.8, 4) is 5.75 Å². The molecule has 8 heteroatoms. The first-order chi connectivity index (χ1) is 16.7. The lowest BCUT2D eigenvalue weighted by Gasteiger charge is -2.19. The Hall–Kier alpha value is -2.67. The summed E-state index contributed by atoms with van der Waals surface area (Å²) in [7, 11) is 1.40. The van der Waals surface area contributed by atoms with Gasteiger partial charge in [0, 0.05) is 24.2 Å². The second-order valence-electron chi connectivity index (χ2n) is 9.63. The van der Waals surface area contributed by atoms with E-state index in [4.69, 9.17) is 21.1 Å². The molecular weight excluding hydrogens is 479 g/mol. The van der Waals surface area contributed by atoms with Crippen LogP contribution in [0, 0.1) is 11.8 Å². The van der Waals surface area contributed by atoms with Gasteiger partial charge in [-0.25, -0.2) is 0 Å². The molecule has 35 heavy (non-hydrogen) atoms. The highest BCUT2D eigenvalue weighted by atomic mass is 35.5. The Morgan fingerprint density at radius 3 is 2.63 bits per heavy atom. The largest absolute Gasteiger partial charge is 0.489 e. The van der Waals surface area contributed by atoms with E-state index in [-0.39, 0.29) is 30.3 Å². The van der Waals surface area contributed by atoms with Crippen molar-refractivity contribution in [2.75, 3.05) is 7.11 Å². The second-order valence-corrected chi connectivity index (χ2v) is 10.0. The van der Waals surface area contributed by atoms with Crippen molar-refractivity contribution in [1.29, 1.82) is 0 Å². The van der Waals surface area contributed by atoms with Crippen molar-refractivity contribution in [2.24, 2.45) is 11.8 Å². The number of benzene rings is 2. The van der Waals surface area contributed by atoms with Crippen LogP contribution in [0.1, 0.15) is 54.7 Å². The topological polar surface area (TPSA) is 40.5 Å². The molecule has 2 atom stereocenters. The van der Waals surface area contributed by atoms with E-state index >= 15 is 0 Å². The number of hydrogen-bond donors (Lipinski definition) is 0. The molecule has 2 aromatic carbocycles. The summed E-state index contributed by atoms with van der Waals surface area (Å²) in [4.78, 5) is 11.7. The molecule has 0 N–H and O–H groups in total. The molecule has 2 aliphatic carbocycles. The van der Waals surface area contributed by atoms with Gasteiger partial charge in [0.2, 0.25) is 0 Å². The molecule has 2 aliphatic rings. The molecule has 0 bridgehead atoms. The molecule has 0 radical (unpaired) electrons. The third-order valence-corrected chi connectivity index (χ3v) is 7.56. The summed E-state index contributed by atoms with van der Waals surface area (Å²) < 4.78 is 54.0. The Morgan fingerprint density at radius 1 is 1.14 bits per heavy atom. The zero-order chi connectivity index (χ0) is 24.7. The summed E-state index contributed by atoms with van der Waals surface area (Å²) in [6.07, 6.45) is 1.89. The van der Waals surface area contributed by atoms with Gasteiger partial charge in [-0.15, -0.1) is 0 Å². The van der Waals surface area contributed by atoms with Gasteiger partial charge in [-0.2, -0.15) is 13.2 Å². The molecular formula is C27H27ClF3NO3. The molecule has 0 amide bonds. The monoisotopic (exact) mass is 505 g/mol. The van der Waals surface area contributed by atoms with Crippen LogP contribution in [-0.4, -0.2) is 17.6 Å². The molecule has 1 aromatic heterocycles. The highest BCUT2D eigenvalue weighted by Crippen LogP contribution is 2.43. The first-order valence-corrected chi connectivity index (χ1v) is 12.3. The van der Waals surface area contributed by atoms with Gasteiger partial charge < -0.3 is 14.0 Å². The van der Waals surface area contributed by atoms with Gasteiger partial charge in [-0.1, -0.05) is 36.6 Å². The summed E-state index contributed by atoms with van der Waals surface area (Å²) in [5.41, 5.74) is 1.15. The van der Waals surface area contributed by atoms with Crippen molar-refractivity contribution in [2.45, 2.75) is 57.3 Å². The number of esters is 1. The van der Waals surface area contributed by atoms with Crippen molar-refractivity contribution >= 4 is 28.5 Å². The zero-order valence-corrected chi connectivity index (χ0v) is 20.2. The van der Waals surface area contributed by atoms with E-state index in [0.29, 0.717) is 28.4 Å². The van der Waals surface area contributed by atoms with Crippen LogP contribution in [0.2, 0.25) is 5.02 Å². The molecule has 5 rings (SSSR count). The van der Waals surface area contributed by atoms with Gasteiger partial charge in [0.1, 0.15) is 12.4 Å². The van der Waals surface area contributed by atoms with Gasteiger partial charge in [-0.05, 0) is 60.4 Å². The van der Waals surface area contributed by atoms with E-state index < -0.39 is 11.7 Å². The number of aromatic nitrogens is 1. The maximum Gasteiger partial charge on any atom is 0.416 e. The Morgan fingerprint density at radius 2 is 1.91 bits per heavy atom. The average molecular weight is 506 g/mol. The van der Waals surface area contributed by atoms with Gasteiger partial charge in [0.25, 0.3) is 0 Å². The zero-order valence-electron chi connectivity index (χ0n) is 19.4. The molecule has 0 aliphatic heterocycles. The minimum atomic E-state index is -4.40. The number of carbonyl (C=O) groups is 1. The number of nitrogens with zero attached hydrogens (tertiary/aromatic N) is 1. The fourth-order valence-corrected chi connectivity index (χ4v) is 5.67. The van der Waals surface area contributed by atoms with E-state index in [9.17, 15) is 18.0 Å². The van der Waals surface area contributed by atoms with Crippen LogP contribution < -0.4 is 4.74 Å². The summed E-state index contributed by atoms with van der Waals surface area (Å²) in [5.74, 6) is 0.441. The molecule has 0 saturated heterocycles. The Bertz CT molecular complexity index is 1250. The Kier molecular flexibility index (Phi) is 6.47. The first-order valence-electron chi connectivity index (χ1n) is 11.9. The van der Waals surface area contributed by atoms with Crippen molar-refractivity contribution in [1.82, 2.24) is 4.57 Å². The Balaban J connectivity index is 1.31. The smallest absolute Gasteiger partial charge is 0.416 e. The standard InChI is InChI=1S/C27H27ClF3NO3/c1-34-26(33)22-12-19(22)14-32-9-8-18-11-20(13-24(28)25(18)32)35-15-16-6-7-21(17-4-2-3-5-17)23(10-16)27(29,30)31/h6-11,13,17,19,22H,2-5,12,14-15H2,1H3/t19-,22+/m0/s1. The number of rotatable bonds is 7. The highest BCUT2D eigenvalue weighted by Gasteiger charge is 2.44. The van der Waals surface area contributed by atoms with Crippen LogP contribution in [0.5, 0.6) is 5.75 Å². The van der Waals surface area contributed by atoms with Crippen LogP contribution in [0.3, 0.4) is 0 Å². The molecule has 0 unspecified atom stereocenters. The number of hydrogen-bond acceptors (Lipinski definition) is 3. The Labute approximate surface area is 207 Å². The normalized spacial score (nSPS) is 20.4. The van der Waals surface area contributed by atoms with E-state index in [1.165, 1.54) is 13.2 Å². The van der Waals surface area contributed by atoms with Crippen molar-refractivity contribution in [3.63, 3.8) is 0 Å². The second kappa shape index (κ2) is 9.41.